The van der Waals surface area contributed by atoms with Crippen LogP contribution in [-0.4, -0.2) is 31.4 Å². The molecule has 4 nitrogen and oxygen atoms in total. The van der Waals surface area contributed by atoms with E-state index in [2.05, 4.69) is 42.0 Å². The van der Waals surface area contributed by atoms with Crippen molar-refractivity contribution in [1.29, 1.82) is 0 Å². The summed E-state index contributed by atoms with van der Waals surface area (Å²) in [6, 6.07) is 0. The zero-order valence-electron chi connectivity index (χ0n) is 12.0. The van der Waals surface area contributed by atoms with Gasteiger partial charge in [-0.25, -0.2) is 0 Å². The number of benzene rings is 1. The van der Waals surface area contributed by atoms with Crippen molar-refractivity contribution in [2.24, 2.45) is 5.73 Å². The molecule has 0 heterocycles. The number of ether oxygens (including phenoxy) is 1. The van der Waals surface area contributed by atoms with Crippen LogP contribution in [0.5, 0.6) is 5.75 Å². The van der Waals surface area contributed by atoms with E-state index in [0.717, 1.165) is 26.9 Å². The van der Waals surface area contributed by atoms with Crippen LogP contribution < -0.4 is 15.8 Å². The van der Waals surface area contributed by atoms with E-state index in [4.69, 9.17) is 10.5 Å². The summed E-state index contributed by atoms with van der Waals surface area (Å²) in [5.41, 5.74) is 9.99. The number of hydrogen-bond donors (Lipinski definition) is 3. The molecule has 0 radical (unpaired) electrons. The molecule has 19 heavy (non-hydrogen) atoms. The summed E-state index contributed by atoms with van der Waals surface area (Å²) < 4.78 is 6.64. The average molecular weight is 331 g/mol. The van der Waals surface area contributed by atoms with Gasteiger partial charge in [-0.15, -0.1) is 0 Å². The van der Waals surface area contributed by atoms with E-state index < -0.39 is 6.10 Å². The first-order valence-corrected chi connectivity index (χ1v) is 7.14. The first kappa shape index (κ1) is 16.4. The minimum atomic E-state index is -0.513. The summed E-state index contributed by atoms with van der Waals surface area (Å²) in [5.74, 6) is 0.910. The molecule has 1 atom stereocenters. The van der Waals surface area contributed by atoms with Crippen LogP contribution in [-0.2, 0) is 6.54 Å². The minimum absolute atomic E-state index is 0.264. The van der Waals surface area contributed by atoms with Crippen molar-refractivity contribution >= 4 is 15.9 Å². The molecular weight excluding hydrogens is 308 g/mol. The number of nitrogens with two attached hydrogens (primary N) is 1. The molecule has 0 aromatic heterocycles. The molecule has 5 heteroatoms. The molecule has 0 saturated heterocycles. The smallest absolute Gasteiger partial charge is 0.126 e. The van der Waals surface area contributed by atoms with Crippen LogP contribution in [0.2, 0.25) is 0 Å². The summed E-state index contributed by atoms with van der Waals surface area (Å²) in [6.07, 6.45) is -0.513. The highest BCUT2D eigenvalue weighted by molar-refractivity contribution is 9.10. The fraction of sp³-hybridized carbons (Fsp3) is 0.571. The van der Waals surface area contributed by atoms with Gasteiger partial charge in [0.05, 0.1) is 13.2 Å². The van der Waals surface area contributed by atoms with Gasteiger partial charge in [0.25, 0.3) is 0 Å². The highest BCUT2D eigenvalue weighted by Crippen LogP contribution is 2.35. The van der Waals surface area contributed by atoms with E-state index in [1.54, 1.807) is 7.11 Å². The predicted molar refractivity (Wildman–Crippen MR) is 81.7 cm³/mol. The Morgan fingerprint density at radius 1 is 1.26 bits per heavy atom. The molecule has 1 aromatic carbocycles. The normalized spacial score (nSPS) is 12.6. The predicted octanol–water partition coefficient (Wildman–Crippen LogP) is 1.79. The number of aliphatic hydroxyl groups is 1. The van der Waals surface area contributed by atoms with Gasteiger partial charge >= 0.3 is 0 Å². The van der Waals surface area contributed by atoms with Crippen molar-refractivity contribution in [1.82, 2.24) is 5.32 Å². The SMILES string of the molecule is COc1c(C)c(C)c(Br)c(C)c1CNCC(O)CN. The van der Waals surface area contributed by atoms with E-state index in [0.29, 0.717) is 13.1 Å². The summed E-state index contributed by atoms with van der Waals surface area (Å²) in [6.45, 7) is 7.57. The van der Waals surface area contributed by atoms with Crippen molar-refractivity contribution in [3.05, 3.63) is 26.7 Å². The van der Waals surface area contributed by atoms with Crippen molar-refractivity contribution < 1.29 is 9.84 Å². The van der Waals surface area contributed by atoms with E-state index in [1.165, 1.54) is 5.56 Å². The third-order valence-electron chi connectivity index (χ3n) is 3.45. The Hall–Kier alpha value is -0.620. The second-order valence-electron chi connectivity index (χ2n) is 4.72. The van der Waals surface area contributed by atoms with Crippen LogP contribution in [0.25, 0.3) is 0 Å². The molecular formula is C14H23BrN2O2. The molecule has 1 rings (SSSR count). The first-order chi connectivity index (χ1) is 8.93. The molecule has 0 spiro atoms. The highest BCUT2D eigenvalue weighted by atomic mass is 79.9. The summed E-state index contributed by atoms with van der Waals surface area (Å²) in [5, 5.41) is 12.7. The van der Waals surface area contributed by atoms with Crippen LogP contribution in [0.15, 0.2) is 4.47 Å². The van der Waals surface area contributed by atoms with Gasteiger partial charge in [-0.3, -0.25) is 0 Å². The molecule has 0 aliphatic heterocycles. The molecule has 0 saturated carbocycles. The Balaban J connectivity index is 2.99. The lowest BCUT2D eigenvalue weighted by Crippen LogP contribution is -2.32. The molecule has 0 aliphatic rings. The maximum absolute atomic E-state index is 9.46. The molecule has 4 N–H and O–H groups in total. The molecule has 0 aliphatic carbocycles. The van der Waals surface area contributed by atoms with Crippen molar-refractivity contribution in [2.75, 3.05) is 20.2 Å². The van der Waals surface area contributed by atoms with Gasteiger partial charge in [0.2, 0.25) is 0 Å². The topological polar surface area (TPSA) is 67.5 Å². The van der Waals surface area contributed by atoms with Crippen LogP contribution in [0.1, 0.15) is 22.3 Å². The zero-order valence-corrected chi connectivity index (χ0v) is 13.6. The van der Waals surface area contributed by atoms with Crippen LogP contribution in [0.4, 0.5) is 0 Å². The lowest BCUT2D eigenvalue weighted by Gasteiger charge is -2.19. The molecule has 1 aromatic rings. The lowest BCUT2D eigenvalue weighted by molar-refractivity contribution is 0.179. The molecule has 0 amide bonds. The van der Waals surface area contributed by atoms with E-state index >= 15 is 0 Å². The maximum Gasteiger partial charge on any atom is 0.126 e. The quantitative estimate of drug-likeness (QED) is 0.744. The number of halogens is 1. The highest BCUT2D eigenvalue weighted by Gasteiger charge is 2.16. The largest absolute Gasteiger partial charge is 0.496 e. The number of hydrogen-bond acceptors (Lipinski definition) is 4. The van der Waals surface area contributed by atoms with Crippen molar-refractivity contribution in [3.63, 3.8) is 0 Å². The lowest BCUT2D eigenvalue weighted by atomic mass is 9.99. The number of methoxy groups -OCH3 is 1. The van der Waals surface area contributed by atoms with Gasteiger partial charge in [0, 0.05) is 29.7 Å². The van der Waals surface area contributed by atoms with Gasteiger partial charge in [0.15, 0.2) is 0 Å². The second kappa shape index (κ2) is 7.24. The standard InChI is InChI=1S/C14H23BrN2O2/c1-8-9(2)14(19-4)12(10(3)13(8)15)7-17-6-11(18)5-16/h11,17-18H,5-7,16H2,1-4H3. The monoisotopic (exact) mass is 330 g/mol. The second-order valence-corrected chi connectivity index (χ2v) is 5.51. The van der Waals surface area contributed by atoms with Gasteiger partial charge in [0.1, 0.15) is 5.75 Å². The van der Waals surface area contributed by atoms with Gasteiger partial charge in [-0.1, -0.05) is 15.9 Å². The summed E-state index contributed by atoms with van der Waals surface area (Å²) in [4.78, 5) is 0. The van der Waals surface area contributed by atoms with Gasteiger partial charge in [-0.2, -0.15) is 0 Å². The Morgan fingerprint density at radius 3 is 2.42 bits per heavy atom. The molecule has 108 valence electrons. The molecule has 0 bridgehead atoms. The molecule has 1 unspecified atom stereocenters. The Labute approximate surface area is 123 Å². The zero-order chi connectivity index (χ0) is 14.6. The molecule has 0 fully saturated rings. The number of rotatable bonds is 6. The van der Waals surface area contributed by atoms with E-state index in [1.807, 2.05) is 0 Å². The first-order valence-electron chi connectivity index (χ1n) is 6.34. The number of aliphatic hydroxyl groups excluding tert-OH is 1. The summed E-state index contributed by atoms with van der Waals surface area (Å²) >= 11 is 3.63. The Morgan fingerprint density at radius 2 is 1.89 bits per heavy atom. The van der Waals surface area contributed by atoms with Gasteiger partial charge < -0.3 is 20.9 Å². The minimum Gasteiger partial charge on any atom is -0.496 e. The fourth-order valence-electron chi connectivity index (χ4n) is 2.08. The van der Waals surface area contributed by atoms with E-state index in [-0.39, 0.29) is 6.54 Å². The van der Waals surface area contributed by atoms with Gasteiger partial charge in [-0.05, 0) is 37.5 Å². The van der Waals surface area contributed by atoms with Crippen molar-refractivity contribution in [3.8, 4) is 5.75 Å². The van der Waals surface area contributed by atoms with Crippen LogP contribution in [0, 0.1) is 20.8 Å². The third kappa shape index (κ3) is 3.69. The summed E-state index contributed by atoms with van der Waals surface area (Å²) in [7, 11) is 1.69. The third-order valence-corrected chi connectivity index (χ3v) is 4.64. The average Bonchev–Trinajstić information content (AvgIpc) is 2.41. The fourth-order valence-corrected chi connectivity index (χ4v) is 2.62. The van der Waals surface area contributed by atoms with E-state index in [9.17, 15) is 5.11 Å². The van der Waals surface area contributed by atoms with Crippen molar-refractivity contribution in [2.45, 2.75) is 33.4 Å². The Bertz CT molecular complexity index is 450. The van der Waals surface area contributed by atoms with Crippen LogP contribution in [0.3, 0.4) is 0 Å². The van der Waals surface area contributed by atoms with Crippen LogP contribution >= 0.6 is 15.9 Å². The maximum atomic E-state index is 9.46. The number of nitrogens with one attached hydrogen (secondary N) is 1. The Kier molecular flexibility index (Phi) is 6.26.